The molecule has 30 heavy (non-hydrogen) atoms. The van der Waals surface area contributed by atoms with Crippen LogP contribution in [-0.2, 0) is 19.6 Å². The third-order valence-corrected chi connectivity index (χ3v) is 8.28. The Morgan fingerprint density at radius 1 is 1.20 bits per heavy atom. The van der Waals surface area contributed by atoms with Crippen LogP contribution in [0.1, 0.15) is 32.1 Å². The van der Waals surface area contributed by atoms with Gasteiger partial charge in [-0.15, -0.1) is 0 Å². The van der Waals surface area contributed by atoms with Gasteiger partial charge in [-0.1, -0.05) is 12.1 Å². The van der Waals surface area contributed by atoms with Crippen LogP contribution in [0.5, 0.6) is 5.75 Å². The van der Waals surface area contributed by atoms with E-state index in [1.54, 1.807) is 18.2 Å². The zero-order valence-electron chi connectivity index (χ0n) is 17.3. The van der Waals surface area contributed by atoms with E-state index in [-0.39, 0.29) is 29.8 Å². The van der Waals surface area contributed by atoms with E-state index in [0.29, 0.717) is 50.6 Å². The summed E-state index contributed by atoms with van der Waals surface area (Å²) in [6, 6.07) is 6.56. The molecule has 164 valence electrons. The summed E-state index contributed by atoms with van der Waals surface area (Å²) in [5.74, 6) is 0.692. The van der Waals surface area contributed by atoms with E-state index in [1.807, 2.05) is 4.90 Å². The summed E-state index contributed by atoms with van der Waals surface area (Å²) in [5, 5.41) is 2.52. The third kappa shape index (κ3) is 4.32. The van der Waals surface area contributed by atoms with Crippen LogP contribution in [0.3, 0.4) is 0 Å². The standard InChI is InChI=1S/C21H29N3O5S/c1-22-19(25)13-24-14-21(8-10-23(11-9-21)20(26)12-16-6-7-16)15-29-17-4-2-3-5-18(17)30(24,27)28/h2-5,16H,6-15H2,1H3,(H,22,25). The minimum Gasteiger partial charge on any atom is -0.492 e. The minimum atomic E-state index is -3.89. The molecule has 2 amide bonds. The topological polar surface area (TPSA) is 96.0 Å². The number of likely N-dealkylation sites (N-methyl/N-ethyl adjacent to an activating group) is 1. The number of amides is 2. The molecule has 3 aliphatic rings. The first kappa shape index (κ1) is 21.1. The molecule has 4 rings (SSSR count). The number of nitrogens with zero attached hydrogens (tertiary/aromatic N) is 2. The van der Waals surface area contributed by atoms with Gasteiger partial charge in [-0.2, -0.15) is 4.31 Å². The van der Waals surface area contributed by atoms with Gasteiger partial charge in [0.1, 0.15) is 10.6 Å². The van der Waals surface area contributed by atoms with Gasteiger partial charge in [0.05, 0.1) is 13.2 Å². The van der Waals surface area contributed by atoms with Crippen molar-refractivity contribution in [2.45, 2.75) is 37.0 Å². The molecular formula is C21H29N3O5S. The molecule has 8 nitrogen and oxygen atoms in total. The highest BCUT2D eigenvalue weighted by Gasteiger charge is 2.44. The van der Waals surface area contributed by atoms with E-state index in [0.717, 1.165) is 12.8 Å². The van der Waals surface area contributed by atoms with E-state index >= 15 is 0 Å². The van der Waals surface area contributed by atoms with Gasteiger partial charge in [0.15, 0.2) is 0 Å². The summed E-state index contributed by atoms with van der Waals surface area (Å²) in [5.41, 5.74) is -0.440. The van der Waals surface area contributed by atoms with Gasteiger partial charge in [-0.25, -0.2) is 8.42 Å². The molecule has 9 heteroatoms. The minimum absolute atomic E-state index is 0.0841. The number of benzene rings is 1. The van der Waals surface area contributed by atoms with Crippen molar-refractivity contribution in [3.63, 3.8) is 0 Å². The molecule has 1 aromatic rings. The summed E-state index contributed by atoms with van der Waals surface area (Å²) >= 11 is 0. The van der Waals surface area contributed by atoms with Gasteiger partial charge < -0.3 is 15.0 Å². The molecule has 1 N–H and O–H groups in total. The van der Waals surface area contributed by atoms with Crippen molar-refractivity contribution >= 4 is 21.8 Å². The van der Waals surface area contributed by atoms with Gasteiger partial charge in [0, 0.05) is 38.5 Å². The second kappa shape index (κ2) is 8.19. The van der Waals surface area contributed by atoms with Crippen LogP contribution in [0.2, 0.25) is 0 Å². The molecule has 0 radical (unpaired) electrons. The third-order valence-electron chi connectivity index (χ3n) is 6.45. The smallest absolute Gasteiger partial charge is 0.247 e. The lowest BCUT2D eigenvalue weighted by Crippen LogP contribution is -2.53. The van der Waals surface area contributed by atoms with Crippen molar-refractivity contribution in [2.24, 2.45) is 11.3 Å². The first-order valence-electron chi connectivity index (χ1n) is 10.5. The molecular weight excluding hydrogens is 406 g/mol. The average molecular weight is 436 g/mol. The van der Waals surface area contributed by atoms with Crippen LogP contribution in [0.15, 0.2) is 29.2 Å². The second-order valence-electron chi connectivity index (χ2n) is 8.71. The van der Waals surface area contributed by atoms with Crippen molar-refractivity contribution in [2.75, 3.05) is 39.8 Å². The summed E-state index contributed by atoms with van der Waals surface area (Å²) in [7, 11) is -2.40. The molecule has 0 unspecified atom stereocenters. The summed E-state index contributed by atoms with van der Waals surface area (Å²) in [4.78, 5) is 26.6. The monoisotopic (exact) mass is 435 g/mol. The molecule has 2 fully saturated rings. The lowest BCUT2D eigenvalue weighted by atomic mass is 9.78. The molecule has 0 bridgehead atoms. The predicted octanol–water partition coefficient (Wildman–Crippen LogP) is 1.22. The van der Waals surface area contributed by atoms with Crippen LogP contribution in [0, 0.1) is 11.3 Å². The van der Waals surface area contributed by atoms with Crippen molar-refractivity contribution in [1.29, 1.82) is 0 Å². The molecule has 2 aliphatic heterocycles. The van der Waals surface area contributed by atoms with Crippen LogP contribution in [-0.4, -0.2) is 69.3 Å². The number of para-hydroxylation sites is 1. The highest BCUT2D eigenvalue weighted by Crippen LogP contribution is 2.40. The zero-order chi connectivity index (χ0) is 21.4. The number of carbonyl (C=O) groups excluding carboxylic acids is 2. The summed E-state index contributed by atoms with van der Waals surface area (Å²) < 4.78 is 34.0. The van der Waals surface area contributed by atoms with Crippen LogP contribution >= 0.6 is 0 Å². The van der Waals surface area contributed by atoms with Crippen LogP contribution in [0.25, 0.3) is 0 Å². The number of piperidine rings is 1. The Hall–Kier alpha value is -2.13. The highest BCUT2D eigenvalue weighted by molar-refractivity contribution is 7.89. The lowest BCUT2D eigenvalue weighted by Gasteiger charge is -2.44. The Balaban J connectivity index is 1.58. The van der Waals surface area contributed by atoms with Crippen molar-refractivity contribution < 1.29 is 22.7 Å². The number of nitrogens with one attached hydrogen (secondary N) is 1. The van der Waals surface area contributed by atoms with Crippen molar-refractivity contribution in [1.82, 2.24) is 14.5 Å². The Labute approximate surface area is 177 Å². The van der Waals surface area contributed by atoms with Gasteiger partial charge in [-0.05, 0) is 43.7 Å². The lowest BCUT2D eigenvalue weighted by molar-refractivity contribution is -0.134. The SMILES string of the molecule is CNC(=O)CN1CC2(CCN(C(=O)CC3CC3)CC2)COc2ccccc2S1(=O)=O. The predicted molar refractivity (Wildman–Crippen MR) is 110 cm³/mol. The number of hydrogen-bond donors (Lipinski definition) is 1. The molecule has 0 atom stereocenters. The second-order valence-corrected chi connectivity index (χ2v) is 10.6. The van der Waals surface area contributed by atoms with E-state index < -0.39 is 15.4 Å². The van der Waals surface area contributed by atoms with Crippen molar-refractivity contribution in [3.05, 3.63) is 24.3 Å². The number of ether oxygens (including phenoxy) is 1. The summed E-state index contributed by atoms with van der Waals surface area (Å²) in [6.45, 7) is 1.49. The number of hydrogen-bond acceptors (Lipinski definition) is 5. The number of likely N-dealkylation sites (tertiary alicyclic amines) is 1. The van der Waals surface area contributed by atoms with Gasteiger partial charge in [-0.3, -0.25) is 9.59 Å². The maximum absolute atomic E-state index is 13.4. The molecule has 0 aromatic heterocycles. The Morgan fingerprint density at radius 2 is 1.90 bits per heavy atom. The summed E-state index contributed by atoms with van der Waals surface area (Å²) in [6.07, 6.45) is 4.19. The largest absolute Gasteiger partial charge is 0.492 e. The van der Waals surface area contributed by atoms with E-state index in [1.165, 1.54) is 17.4 Å². The maximum atomic E-state index is 13.4. The van der Waals surface area contributed by atoms with Gasteiger partial charge >= 0.3 is 0 Å². The van der Waals surface area contributed by atoms with E-state index in [9.17, 15) is 18.0 Å². The fraction of sp³-hybridized carbons (Fsp3) is 0.619. The fourth-order valence-electron chi connectivity index (χ4n) is 4.27. The Kier molecular flexibility index (Phi) is 5.76. The van der Waals surface area contributed by atoms with E-state index in [4.69, 9.17) is 4.74 Å². The van der Waals surface area contributed by atoms with Gasteiger partial charge in [0.2, 0.25) is 21.8 Å². The zero-order valence-corrected chi connectivity index (χ0v) is 18.1. The molecule has 2 heterocycles. The number of fused-ring (bicyclic) bond motifs is 1. The normalized spacial score (nSPS) is 23.0. The quantitative estimate of drug-likeness (QED) is 0.767. The Morgan fingerprint density at radius 3 is 2.57 bits per heavy atom. The average Bonchev–Trinajstić information content (AvgIpc) is 3.55. The fourth-order valence-corrected chi connectivity index (χ4v) is 5.91. The molecule has 1 saturated heterocycles. The Bertz CT molecular complexity index is 920. The maximum Gasteiger partial charge on any atom is 0.247 e. The van der Waals surface area contributed by atoms with Crippen molar-refractivity contribution in [3.8, 4) is 5.75 Å². The number of sulfonamides is 1. The van der Waals surface area contributed by atoms with Crippen LogP contribution in [0.4, 0.5) is 0 Å². The molecule has 1 spiro atoms. The van der Waals surface area contributed by atoms with Crippen LogP contribution < -0.4 is 10.1 Å². The molecule has 1 aromatic carbocycles. The van der Waals surface area contributed by atoms with Gasteiger partial charge in [0.25, 0.3) is 0 Å². The highest BCUT2D eigenvalue weighted by atomic mass is 32.2. The first-order chi connectivity index (χ1) is 14.3. The number of carbonyl (C=O) groups is 2. The first-order valence-corrected chi connectivity index (χ1v) is 12.0. The number of rotatable bonds is 4. The molecule has 1 saturated carbocycles. The molecule has 1 aliphatic carbocycles. The van der Waals surface area contributed by atoms with E-state index in [2.05, 4.69) is 5.32 Å².